The number of fused-ring (bicyclic) bond motifs is 1. The molecule has 0 N–H and O–H groups in total. The lowest BCUT2D eigenvalue weighted by atomic mass is 10.1. The predicted molar refractivity (Wildman–Crippen MR) is 121 cm³/mol. The molecule has 0 saturated carbocycles. The second kappa shape index (κ2) is 8.76. The highest BCUT2D eigenvalue weighted by molar-refractivity contribution is 7.89. The van der Waals surface area contributed by atoms with E-state index in [0.29, 0.717) is 38.3 Å². The van der Waals surface area contributed by atoms with E-state index in [1.54, 1.807) is 4.31 Å². The van der Waals surface area contributed by atoms with Crippen molar-refractivity contribution in [2.24, 2.45) is 0 Å². The Morgan fingerprint density at radius 1 is 0.844 bits per heavy atom. The lowest BCUT2D eigenvalue weighted by Gasteiger charge is -2.34. The number of hydrogen-bond acceptors (Lipinski definition) is 7. The van der Waals surface area contributed by atoms with Crippen LogP contribution >= 0.6 is 0 Å². The molecule has 0 atom stereocenters. The van der Waals surface area contributed by atoms with Crippen LogP contribution in [0.1, 0.15) is 5.56 Å². The van der Waals surface area contributed by atoms with Gasteiger partial charge in [-0.25, -0.2) is 8.42 Å². The Morgan fingerprint density at radius 3 is 2.38 bits per heavy atom. The summed E-state index contributed by atoms with van der Waals surface area (Å²) in [6.07, 6.45) is 0.524. The average molecular weight is 453 g/mol. The van der Waals surface area contributed by atoms with Crippen LogP contribution in [0.3, 0.4) is 0 Å². The largest absolute Gasteiger partial charge is 0.454 e. The third kappa shape index (κ3) is 4.39. The van der Waals surface area contributed by atoms with Gasteiger partial charge in [-0.05, 0) is 42.3 Å². The Hall–Kier alpha value is -3.17. The van der Waals surface area contributed by atoms with Crippen LogP contribution in [-0.2, 0) is 16.4 Å². The van der Waals surface area contributed by atoms with Crippen LogP contribution < -0.4 is 14.4 Å². The van der Waals surface area contributed by atoms with E-state index < -0.39 is 10.0 Å². The number of sulfonamides is 1. The molecule has 1 fully saturated rings. The SMILES string of the molecule is O=S(=O)(CCc1ccccc1)N1CCN(c2ccc(-c3ccc4c(c3)OCO4)nn2)CC1. The summed E-state index contributed by atoms with van der Waals surface area (Å²) in [6.45, 7) is 2.30. The van der Waals surface area contributed by atoms with Crippen LogP contribution in [0.25, 0.3) is 11.3 Å². The first-order valence-electron chi connectivity index (χ1n) is 10.6. The third-order valence-electron chi connectivity index (χ3n) is 5.77. The molecule has 0 amide bonds. The molecule has 1 aromatic heterocycles. The molecule has 166 valence electrons. The number of aryl methyl sites for hydroxylation is 1. The van der Waals surface area contributed by atoms with E-state index in [4.69, 9.17) is 9.47 Å². The number of ether oxygens (including phenoxy) is 2. The van der Waals surface area contributed by atoms with Crippen molar-refractivity contribution in [1.82, 2.24) is 14.5 Å². The van der Waals surface area contributed by atoms with Crippen LogP contribution in [-0.4, -0.2) is 61.6 Å². The van der Waals surface area contributed by atoms with Gasteiger partial charge in [0, 0.05) is 31.7 Å². The highest BCUT2D eigenvalue weighted by Crippen LogP contribution is 2.35. The molecule has 0 spiro atoms. The van der Waals surface area contributed by atoms with Crippen molar-refractivity contribution >= 4 is 15.8 Å². The lowest BCUT2D eigenvalue weighted by Crippen LogP contribution is -2.49. The molecule has 9 heteroatoms. The Bertz CT molecular complexity index is 1180. The van der Waals surface area contributed by atoms with Gasteiger partial charge in [-0.1, -0.05) is 30.3 Å². The highest BCUT2D eigenvalue weighted by Gasteiger charge is 2.27. The summed E-state index contributed by atoms with van der Waals surface area (Å²) in [5.74, 6) is 2.31. The molecule has 2 aromatic carbocycles. The Morgan fingerprint density at radius 2 is 1.62 bits per heavy atom. The van der Waals surface area contributed by atoms with Gasteiger partial charge < -0.3 is 14.4 Å². The molecule has 0 radical (unpaired) electrons. The number of piperazine rings is 1. The van der Waals surface area contributed by atoms with Crippen molar-refractivity contribution in [2.45, 2.75) is 6.42 Å². The fraction of sp³-hybridized carbons (Fsp3) is 0.304. The van der Waals surface area contributed by atoms with E-state index in [2.05, 4.69) is 15.1 Å². The highest BCUT2D eigenvalue weighted by atomic mass is 32.2. The van der Waals surface area contributed by atoms with Gasteiger partial charge in [-0.15, -0.1) is 10.2 Å². The van der Waals surface area contributed by atoms with Crippen LogP contribution in [0.4, 0.5) is 5.82 Å². The summed E-state index contributed by atoms with van der Waals surface area (Å²) in [5, 5.41) is 8.73. The number of hydrogen-bond donors (Lipinski definition) is 0. The minimum absolute atomic E-state index is 0.126. The second-order valence-electron chi connectivity index (χ2n) is 7.78. The van der Waals surface area contributed by atoms with Crippen molar-refractivity contribution in [3.63, 3.8) is 0 Å². The summed E-state index contributed by atoms with van der Waals surface area (Å²) >= 11 is 0. The van der Waals surface area contributed by atoms with Gasteiger partial charge in [0.25, 0.3) is 0 Å². The Kier molecular flexibility index (Phi) is 5.67. The monoisotopic (exact) mass is 452 g/mol. The standard InChI is InChI=1S/C23H24N4O4S/c28-32(29,15-10-18-4-2-1-3-5-18)27-13-11-26(12-14-27)23-9-7-20(24-25-23)19-6-8-21-22(16-19)31-17-30-21/h1-9,16H,10-15,17H2. The normalized spacial score (nSPS) is 16.3. The van der Waals surface area contributed by atoms with Gasteiger partial charge in [-0.2, -0.15) is 4.31 Å². The van der Waals surface area contributed by atoms with Crippen molar-refractivity contribution in [3.05, 3.63) is 66.2 Å². The number of aromatic nitrogens is 2. The smallest absolute Gasteiger partial charge is 0.231 e. The summed E-state index contributed by atoms with van der Waals surface area (Å²) in [5.41, 5.74) is 2.68. The van der Waals surface area contributed by atoms with Gasteiger partial charge in [0.2, 0.25) is 16.8 Å². The minimum atomic E-state index is -3.29. The van der Waals surface area contributed by atoms with Gasteiger partial charge in [0.15, 0.2) is 17.3 Å². The van der Waals surface area contributed by atoms with E-state index in [1.807, 2.05) is 60.7 Å². The van der Waals surface area contributed by atoms with E-state index >= 15 is 0 Å². The maximum atomic E-state index is 12.7. The fourth-order valence-corrected chi connectivity index (χ4v) is 5.39. The van der Waals surface area contributed by atoms with E-state index in [-0.39, 0.29) is 12.5 Å². The zero-order valence-electron chi connectivity index (χ0n) is 17.6. The molecule has 1 saturated heterocycles. The number of rotatable bonds is 6. The van der Waals surface area contributed by atoms with Crippen molar-refractivity contribution in [2.75, 3.05) is 43.6 Å². The van der Waals surface area contributed by atoms with Crippen LogP contribution in [0, 0.1) is 0 Å². The fourth-order valence-electron chi connectivity index (χ4n) is 3.92. The first-order valence-corrected chi connectivity index (χ1v) is 12.2. The van der Waals surface area contributed by atoms with Crippen LogP contribution in [0.15, 0.2) is 60.7 Å². The van der Waals surface area contributed by atoms with Crippen molar-refractivity contribution in [3.8, 4) is 22.8 Å². The van der Waals surface area contributed by atoms with Crippen LogP contribution in [0.2, 0.25) is 0 Å². The van der Waals surface area contributed by atoms with Gasteiger partial charge in [-0.3, -0.25) is 0 Å². The minimum Gasteiger partial charge on any atom is -0.454 e. The van der Waals surface area contributed by atoms with Gasteiger partial charge in [0.05, 0.1) is 11.4 Å². The summed E-state index contributed by atoms with van der Waals surface area (Å²) < 4.78 is 37.8. The topological polar surface area (TPSA) is 84.9 Å². The van der Waals surface area contributed by atoms with E-state index in [0.717, 1.165) is 28.4 Å². The molecule has 3 aromatic rings. The maximum absolute atomic E-state index is 12.7. The van der Waals surface area contributed by atoms with Crippen molar-refractivity contribution < 1.29 is 17.9 Å². The van der Waals surface area contributed by atoms with Crippen molar-refractivity contribution in [1.29, 1.82) is 0 Å². The zero-order chi connectivity index (χ0) is 22.0. The molecular formula is C23H24N4O4S. The molecule has 0 unspecified atom stereocenters. The quantitative estimate of drug-likeness (QED) is 0.568. The molecule has 32 heavy (non-hydrogen) atoms. The van der Waals surface area contributed by atoms with Gasteiger partial charge in [0.1, 0.15) is 0 Å². The van der Waals surface area contributed by atoms with Gasteiger partial charge >= 0.3 is 0 Å². The molecule has 5 rings (SSSR count). The first kappa shape index (κ1) is 20.7. The molecule has 3 heterocycles. The summed E-state index contributed by atoms with van der Waals surface area (Å²) in [4.78, 5) is 2.07. The third-order valence-corrected chi connectivity index (χ3v) is 7.64. The molecule has 2 aliphatic rings. The predicted octanol–water partition coefficient (Wildman–Crippen LogP) is 2.57. The first-order chi connectivity index (χ1) is 15.6. The zero-order valence-corrected chi connectivity index (χ0v) is 18.4. The Labute approximate surface area is 187 Å². The van der Waals surface area contributed by atoms with E-state index in [1.165, 1.54) is 0 Å². The number of nitrogens with zero attached hydrogens (tertiary/aromatic N) is 4. The lowest BCUT2D eigenvalue weighted by molar-refractivity contribution is 0.174. The molecule has 2 aliphatic heterocycles. The second-order valence-corrected chi connectivity index (χ2v) is 9.87. The summed E-state index contributed by atoms with van der Waals surface area (Å²) in [7, 11) is -3.29. The van der Waals surface area contributed by atoms with Crippen LogP contribution in [0.5, 0.6) is 11.5 Å². The maximum Gasteiger partial charge on any atom is 0.231 e. The molecule has 8 nitrogen and oxygen atoms in total. The Balaban J connectivity index is 1.19. The average Bonchev–Trinajstić information content (AvgIpc) is 3.32. The number of benzene rings is 2. The van der Waals surface area contributed by atoms with E-state index in [9.17, 15) is 8.42 Å². The number of anilines is 1. The summed E-state index contributed by atoms with van der Waals surface area (Å²) in [6, 6.07) is 19.2. The molecule has 0 bridgehead atoms. The molecule has 0 aliphatic carbocycles. The molecular weight excluding hydrogens is 428 g/mol.